The number of pyridine rings is 2. The summed E-state index contributed by atoms with van der Waals surface area (Å²) >= 11 is 0. The summed E-state index contributed by atoms with van der Waals surface area (Å²) in [7, 11) is 0. The fourth-order valence-electron chi connectivity index (χ4n) is 3.97. The van der Waals surface area contributed by atoms with Gasteiger partial charge >= 0.3 is 0 Å². The summed E-state index contributed by atoms with van der Waals surface area (Å²) in [5.74, 6) is -0.492. The number of hydrogen-bond acceptors (Lipinski definition) is 4. The highest BCUT2D eigenvalue weighted by Crippen LogP contribution is 2.30. The number of amides is 1. The van der Waals surface area contributed by atoms with E-state index in [1.54, 1.807) is 6.20 Å². The molecule has 0 aliphatic rings. The second-order valence-electron chi connectivity index (χ2n) is 7.94. The minimum Gasteiger partial charge on any atom is -0.364 e. The van der Waals surface area contributed by atoms with Crippen LogP contribution in [0.1, 0.15) is 39.8 Å². The number of aromatic nitrogens is 2. The fraction of sp³-hybridized carbons (Fsp3) is 0.192. The molecule has 0 saturated carbocycles. The molecule has 0 aliphatic heterocycles. The van der Waals surface area contributed by atoms with Crippen LogP contribution in [0.2, 0.25) is 0 Å². The summed E-state index contributed by atoms with van der Waals surface area (Å²) in [5, 5.41) is 4.67. The number of nitrogens with one attached hydrogen (secondary N) is 1. The molecule has 2 aromatic heterocycles. The van der Waals surface area contributed by atoms with Crippen LogP contribution in [-0.2, 0) is 6.42 Å². The fourth-order valence-corrected chi connectivity index (χ4v) is 3.97. The Hall–Kier alpha value is -3.73. The number of hydrogen-bond donors (Lipinski definition) is 2. The highest BCUT2D eigenvalue weighted by Gasteiger charge is 2.11. The van der Waals surface area contributed by atoms with Gasteiger partial charge in [-0.05, 0) is 74.2 Å². The molecule has 4 aromatic rings. The Labute approximate surface area is 182 Å². The number of carbonyl (C=O) groups excluding carboxylic acids is 1. The molecule has 0 radical (unpaired) electrons. The minimum atomic E-state index is -0.492. The second-order valence-corrected chi connectivity index (χ2v) is 7.94. The van der Waals surface area contributed by atoms with Crippen LogP contribution < -0.4 is 11.1 Å². The molecule has 4 rings (SSSR count). The van der Waals surface area contributed by atoms with Crippen molar-refractivity contribution in [1.82, 2.24) is 9.97 Å². The average molecular weight is 411 g/mol. The highest BCUT2D eigenvalue weighted by atomic mass is 16.1. The van der Waals surface area contributed by atoms with E-state index in [0.717, 1.165) is 44.7 Å². The number of nitrogens with two attached hydrogens (primary N) is 1. The van der Waals surface area contributed by atoms with Crippen molar-refractivity contribution >= 4 is 28.2 Å². The number of aryl methyl sites for hydroxylation is 4. The standard InChI is InChI=1S/C26H26N4O/c1-5-18-13-20(14-28-25(18)26(27)31)19-6-8-21(9-7-19)30-23-12-17(4)29-24-16(3)10-15(2)11-22(23)24/h6-14H,5H2,1-4H3,(H2,27,31)(H,29,30). The summed E-state index contributed by atoms with van der Waals surface area (Å²) in [6.45, 7) is 8.21. The van der Waals surface area contributed by atoms with Gasteiger partial charge < -0.3 is 11.1 Å². The summed E-state index contributed by atoms with van der Waals surface area (Å²) < 4.78 is 0. The van der Waals surface area contributed by atoms with Gasteiger partial charge in [-0.25, -0.2) is 0 Å². The molecule has 1 amide bonds. The first-order valence-corrected chi connectivity index (χ1v) is 10.4. The Morgan fingerprint density at radius 2 is 1.74 bits per heavy atom. The predicted molar refractivity (Wildman–Crippen MR) is 127 cm³/mol. The van der Waals surface area contributed by atoms with Gasteiger partial charge in [0, 0.05) is 34.2 Å². The van der Waals surface area contributed by atoms with E-state index in [9.17, 15) is 4.79 Å². The van der Waals surface area contributed by atoms with Crippen LogP contribution in [0.4, 0.5) is 11.4 Å². The number of anilines is 2. The van der Waals surface area contributed by atoms with E-state index in [4.69, 9.17) is 10.7 Å². The molecule has 156 valence electrons. The summed E-state index contributed by atoms with van der Waals surface area (Å²) in [5.41, 5.74) is 15.1. The molecule has 3 N–H and O–H groups in total. The molecule has 0 spiro atoms. The van der Waals surface area contributed by atoms with Crippen LogP contribution >= 0.6 is 0 Å². The quantitative estimate of drug-likeness (QED) is 0.447. The Kier molecular flexibility index (Phi) is 5.42. The molecule has 0 saturated heterocycles. The van der Waals surface area contributed by atoms with Crippen molar-refractivity contribution in [1.29, 1.82) is 0 Å². The third-order valence-corrected chi connectivity index (χ3v) is 5.45. The van der Waals surface area contributed by atoms with Gasteiger partial charge in [0.05, 0.1) is 5.52 Å². The Balaban J connectivity index is 1.67. The smallest absolute Gasteiger partial charge is 0.267 e. The maximum absolute atomic E-state index is 11.6. The van der Waals surface area contributed by atoms with Crippen molar-refractivity contribution in [2.24, 2.45) is 5.73 Å². The Morgan fingerprint density at radius 3 is 2.42 bits per heavy atom. The molecule has 0 bridgehead atoms. The number of nitrogens with zero attached hydrogens (tertiary/aromatic N) is 2. The zero-order valence-corrected chi connectivity index (χ0v) is 18.3. The van der Waals surface area contributed by atoms with Crippen molar-refractivity contribution in [2.75, 3.05) is 5.32 Å². The van der Waals surface area contributed by atoms with Crippen LogP contribution in [0.25, 0.3) is 22.0 Å². The largest absolute Gasteiger partial charge is 0.364 e. The molecule has 0 aliphatic carbocycles. The van der Waals surface area contributed by atoms with Gasteiger partial charge in [0.25, 0.3) is 5.91 Å². The van der Waals surface area contributed by atoms with Gasteiger partial charge in [0.2, 0.25) is 0 Å². The van der Waals surface area contributed by atoms with E-state index in [1.807, 2.05) is 32.0 Å². The maximum Gasteiger partial charge on any atom is 0.267 e. The Morgan fingerprint density at radius 1 is 1.00 bits per heavy atom. The number of rotatable bonds is 5. The van der Waals surface area contributed by atoms with Crippen molar-refractivity contribution in [2.45, 2.75) is 34.1 Å². The summed E-state index contributed by atoms with van der Waals surface area (Å²) in [6.07, 6.45) is 2.40. The first kappa shape index (κ1) is 20.5. The normalized spacial score (nSPS) is 11.0. The number of carbonyl (C=O) groups is 1. The molecule has 0 atom stereocenters. The van der Waals surface area contributed by atoms with Gasteiger partial charge in [-0.3, -0.25) is 14.8 Å². The lowest BCUT2D eigenvalue weighted by Gasteiger charge is -2.14. The highest BCUT2D eigenvalue weighted by molar-refractivity contribution is 5.95. The lowest BCUT2D eigenvalue weighted by Crippen LogP contribution is -2.15. The molecule has 0 fully saturated rings. The number of primary amides is 1. The monoisotopic (exact) mass is 410 g/mol. The Bertz CT molecular complexity index is 1290. The molecule has 31 heavy (non-hydrogen) atoms. The zero-order chi connectivity index (χ0) is 22.1. The van der Waals surface area contributed by atoms with Crippen molar-refractivity contribution in [3.63, 3.8) is 0 Å². The van der Waals surface area contributed by atoms with Crippen molar-refractivity contribution in [3.8, 4) is 11.1 Å². The zero-order valence-electron chi connectivity index (χ0n) is 18.3. The van der Waals surface area contributed by atoms with E-state index in [2.05, 4.69) is 54.5 Å². The summed E-state index contributed by atoms with van der Waals surface area (Å²) in [6, 6.07) is 16.6. The predicted octanol–water partition coefficient (Wildman–Crippen LogP) is 5.63. The van der Waals surface area contributed by atoms with Crippen LogP contribution in [0.15, 0.2) is 54.7 Å². The van der Waals surface area contributed by atoms with Crippen LogP contribution in [0, 0.1) is 20.8 Å². The third kappa shape index (κ3) is 4.12. The van der Waals surface area contributed by atoms with Crippen LogP contribution in [0.5, 0.6) is 0 Å². The number of fused-ring (bicyclic) bond motifs is 1. The van der Waals surface area contributed by atoms with E-state index in [0.29, 0.717) is 12.1 Å². The maximum atomic E-state index is 11.6. The van der Waals surface area contributed by atoms with Crippen LogP contribution in [-0.4, -0.2) is 15.9 Å². The summed E-state index contributed by atoms with van der Waals surface area (Å²) in [4.78, 5) is 20.6. The molecule has 5 nitrogen and oxygen atoms in total. The van der Waals surface area contributed by atoms with Gasteiger partial charge in [-0.1, -0.05) is 30.7 Å². The SMILES string of the molecule is CCc1cc(-c2ccc(Nc3cc(C)nc4c(C)cc(C)cc34)cc2)cnc1C(N)=O. The topological polar surface area (TPSA) is 80.9 Å². The minimum absolute atomic E-state index is 0.343. The molecule has 0 unspecified atom stereocenters. The van der Waals surface area contributed by atoms with Gasteiger partial charge in [-0.15, -0.1) is 0 Å². The van der Waals surface area contributed by atoms with E-state index >= 15 is 0 Å². The molecule has 2 aromatic carbocycles. The van der Waals surface area contributed by atoms with Crippen molar-refractivity contribution in [3.05, 3.63) is 82.8 Å². The van der Waals surface area contributed by atoms with Gasteiger partial charge in [0.1, 0.15) is 5.69 Å². The lowest BCUT2D eigenvalue weighted by atomic mass is 10.0. The van der Waals surface area contributed by atoms with Gasteiger partial charge in [0.15, 0.2) is 0 Å². The van der Waals surface area contributed by atoms with E-state index < -0.39 is 5.91 Å². The average Bonchev–Trinajstić information content (AvgIpc) is 2.74. The second kappa shape index (κ2) is 8.19. The molecule has 5 heteroatoms. The van der Waals surface area contributed by atoms with E-state index in [-0.39, 0.29) is 0 Å². The molecular weight excluding hydrogens is 384 g/mol. The first-order valence-electron chi connectivity index (χ1n) is 10.4. The van der Waals surface area contributed by atoms with Crippen molar-refractivity contribution < 1.29 is 4.79 Å². The third-order valence-electron chi connectivity index (χ3n) is 5.45. The number of benzene rings is 2. The lowest BCUT2D eigenvalue weighted by molar-refractivity contribution is 0.0994. The first-order chi connectivity index (χ1) is 14.9. The molecule has 2 heterocycles. The van der Waals surface area contributed by atoms with Gasteiger partial charge in [-0.2, -0.15) is 0 Å². The van der Waals surface area contributed by atoms with Crippen LogP contribution in [0.3, 0.4) is 0 Å². The van der Waals surface area contributed by atoms with E-state index in [1.165, 1.54) is 11.1 Å². The molecular formula is C26H26N4O.